The summed E-state index contributed by atoms with van der Waals surface area (Å²) in [6, 6.07) is 8.33. The summed E-state index contributed by atoms with van der Waals surface area (Å²) in [6.07, 6.45) is 5.82. The van der Waals surface area contributed by atoms with Crippen LogP contribution in [0.3, 0.4) is 0 Å². The molecule has 1 saturated heterocycles. The van der Waals surface area contributed by atoms with Crippen molar-refractivity contribution < 1.29 is 9.90 Å². The second-order valence-corrected chi connectivity index (χ2v) is 8.47. The third-order valence-electron chi connectivity index (χ3n) is 5.95. The van der Waals surface area contributed by atoms with Crippen LogP contribution in [0.2, 0.25) is 0 Å². The standard InChI is InChI=1S/C20H20BrN5O2/c21-15-9-22-19-23-10-16(26(19)11-15)18(28)25-6-5-20(17(27)12-25)7-13-3-1-2-4-14(13)8-24-20/h1-4,9-11,17,24,27H,5-8,12H2/t17-,20+/m1/s1. The number of carbonyl (C=O) groups is 1. The van der Waals surface area contributed by atoms with Gasteiger partial charge < -0.3 is 15.3 Å². The largest absolute Gasteiger partial charge is 0.389 e. The zero-order valence-corrected chi connectivity index (χ0v) is 16.8. The molecule has 2 N–H and O–H groups in total. The molecule has 0 bridgehead atoms. The Hall–Kier alpha value is -2.29. The van der Waals surface area contributed by atoms with Crippen molar-refractivity contribution in [1.82, 2.24) is 24.6 Å². The number of hydrogen-bond acceptors (Lipinski definition) is 5. The van der Waals surface area contributed by atoms with Crippen LogP contribution in [0, 0.1) is 0 Å². The first-order valence-electron chi connectivity index (χ1n) is 9.33. The number of β-amino-alcohol motifs (C(OH)–C–C–N with tert-alkyl or cyclic N) is 1. The van der Waals surface area contributed by atoms with Crippen LogP contribution in [0.5, 0.6) is 0 Å². The summed E-state index contributed by atoms with van der Waals surface area (Å²) in [5, 5.41) is 14.5. The number of imidazole rings is 1. The molecule has 5 rings (SSSR count). The van der Waals surface area contributed by atoms with Gasteiger partial charge in [0.25, 0.3) is 5.91 Å². The molecule has 3 aromatic rings. The molecule has 7 nitrogen and oxygen atoms in total. The smallest absolute Gasteiger partial charge is 0.272 e. The lowest BCUT2D eigenvalue weighted by Crippen LogP contribution is -2.65. The number of benzene rings is 1. The van der Waals surface area contributed by atoms with Gasteiger partial charge in [-0.25, -0.2) is 9.97 Å². The first-order valence-corrected chi connectivity index (χ1v) is 10.1. The summed E-state index contributed by atoms with van der Waals surface area (Å²) in [5.41, 5.74) is 2.63. The van der Waals surface area contributed by atoms with E-state index in [9.17, 15) is 9.90 Å². The molecule has 2 atom stereocenters. The molecular formula is C20H20BrN5O2. The molecule has 0 unspecified atom stereocenters. The first kappa shape index (κ1) is 17.8. The van der Waals surface area contributed by atoms with Crippen LogP contribution in [-0.2, 0) is 13.0 Å². The van der Waals surface area contributed by atoms with Gasteiger partial charge in [-0.1, -0.05) is 24.3 Å². The van der Waals surface area contributed by atoms with Gasteiger partial charge in [0, 0.05) is 32.0 Å². The molecule has 0 aliphatic carbocycles. The monoisotopic (exact) mass is 441 g/mol. The molecule has 1 spiro atoms. The Morgan fingerprint density at radius 1 is 1.25 bits per heavy atom. The number of halogens is 1. The topological polar surface area (TPSA) is 82.8 Å². The normalized spacial score (nSPS) is 24.5. The number of aromatic nitrogens is 3. The maximum atomic E-state index is 13.1. The minimum Gasteiger partial charge on any atom is -0.389 e. The number of likely N-dealkylation sites (tertiary alicyclic amines) is 1. The van der Waals surface area contributed by atoms with E-state index < -0.39 is 6.10 Å². The van der Waals surface area contributed by atoms with E-state index in [0.717, 1.165) is 17.4 Å². The molecule has 2 aliphatic heterocycles. The predicted molar refractivity (Wildman–Crippen MR) is 107 cm³/mol. The van der Waals surface area contributed by atoms with Gasteiger partial charge in [0.15, 0.2) is 0 Å². The van der Waals surface area contributed by atoms with E-state index in [1.807, 2.05) is 12.1 Å². The van der Waals surface area contributed by atoms with E-state index in [-0.39, 0.29) is 11.4 Å². The van der Waals surface area contributed by atoms with Crippen molar-refractivity contribution in [1.29, 1.82) is 0 Å². The molecule has 1 aromatic carbocycles. The van der Waals surface area contributed by atoms with E-state index in [4.69, 9.17) is 0 Å². The van der Waals surface area contributed by atoms with Crippen LogP contribution in [0.15, 0.2) is 47.3 Å². The lowest BCUT2D eigenvalue weighted by molar-refractivity contribution is -0.0140. The van der Waals surface area contributed by atoms with Crippen LogP contribution in [0.1, 0.15) is 28.0 Å². The van der Waals surface area contributed by atoms with Crippen molar-refractivity contribution in [2.24, 2.45) is 0 Å². The average molecular weight is 442 g/mol. The van der Waals surface area contributed by atoms with Crippen LogP contribution >= 0.6 is 15.9 Å². The van der Waals surface area contributed by atoms with Gasteiger partial charge in [-0.05, 0) is 39.9 Å². The predicted octanol–water partition coefficient (Wildman–Crippen LogP) is 1.78. The Labute approximate surface area is 170 Å². The summed E-state index contributed by atoms with van der Waals surface area (Å²) in [5.74, 6) is 0.337. The van der Waals surface area contributed by atoms with Gasteiger partial charge in [0.2, 0.25) is 5.78 Å². The SMILES string of the molecule is O=C(c1cnc2ncc(Br)cn12)N1CC[C@]2(Cc3ccccc3CN2)[C@H](O)C1. The Balaban J connectivity index is 1.37. The van der Waals surface area contributed by atoms with Gasteiger partial charge >= 0.3 is 0 Å². The molecular weight excluding hydrogens is 422 g/mol. The van der Waals surface area contributed by atoms with Crippen molar-refractivity contribution in [2.75, 3.05) is 13.1 Å². The quantitative estimate of drug-likeness (QED) is 0.601. The average Bonchev–Trinajstić information content (AvgIpc) is 3.12. The number of hydrogen-bond donors (Lipinski definition) is 2. The molecule has 2 aromatic heterocycles. The number of piperidine rings is 1. The minimum atomic E-state index is -0.636. The van der Waals surface area contributed by atoms with Crippen LogP contribution in [0.4, 0.5) is 0 Å². The maximum absolute atomic E-state index is 13.1. The number of carbonyl (C=O) groups excluding carboxylic acids is 1. The summed E-state index contributed by atoms with van der Waals surface area (Å²) in [7, 11) is 0. The second-order valence-electron chi connectivity index (χ2n) is 7.56. The van der Waals surface area contributed by atoms with Gasteiger partial charge in [-0.3, -0.25) is 9.20 Å². The molecule has 144 valence electrons. The fourth-order valence-electron chi connectivity index (χ4n) is 4.32. The Morgan fingerprint density at radius 3 is 2.86 bits per heavy atom. The molecule has 0 radical (unpaired) electrons. The highest BCUT2D eigenvalue weighted by Crippen LogP contribution is 2.32. The van der Waals surface area contributed by atoms with Crippen molar-refractivity contribution >= 4 is 27.6 Å². The third-order valence-corrected chi connectivity index (χ3v) is 6.36. The number of aliphatic hydroxyl groups excluding tert-OH is 1. The highest BCUT2D eigenvalue weighted by molar-refractivity contribution is 9.10. The molecule has 1 fully saturated rings. The zero-order valence-electron chi connectivity index (χ0n) is 15.2. The summed E-state index contributed by atoms with van der Waals surface area (Å²) in [6.45, 7) is 1.62. The molecule has 28 heavy (non-hydrogen) atoms. The lowest BCUT2D eigenvalue weighted by Gasteiger charge is -2.48. The van der Waals surface area contributed by atoms with Crippen LogP contribution in [0.25, 0.3) is 5.78 Å². The number of nitrogens with one attached hydrogen (secondary N) is 1. The van der Waals surface area contributed by atoms with Gasteiger partial charge in [0.1, 0.15) is 5.69 Å². The van der Waals surface area contributed by atoms with Crippen molar-refractivity contribution in [3.63, 3.8) is 0 Å². The summed E-state index contributed by atoms with van der Waals surface area (Å²) in [4.78, 5) is 23.2. The maximum Gasteiger partial charge on any atom is 0.272 e. The van der Waals surface area contributed by atoms with Crippen molar-refractivity contribution in [2.45, 2.75) is 31.0 Å². The second kappa shape index (κ2) is 6.65. The number of fused-ring (bicyclic) bond motifs is 2. The number of nitrogens with zero attached hydrogens (tertiary/aromatic N) is 4. The van der Waals surface area contributed by atoms with E-state index in [1.165, 1.54) is 11.1 Å². The fourth-order valence-corrected chi connectivity index (χ4v) is 4.63. The molecule has 8 heteroatoms. The number of rotatable bonds is 1. The zero-order chi connectivity index (χ0) is 19.3. The minimum absolute atomic E-state index is 0.141. The molecule has 2 aliphatic rings. The van der Waals surface area contributed by atoms with Gasteiger partial charge in [-0.2, -0.15) is 0 Å². The van der Waals surface area contributed by atoms with Gasteiger partial charge in [0.05, 0.1) is 22.3 Å². The molecule has 0 saturated carbocycles. The van der Waals surface area contributed by atoms with E-state index in [1.54, 1.807) is 27.9 Å². The van der Waals surface area contributed by atoms with E-state index in [0.29, 0.717) is 31.0 Å². The molecule has 4 heterocycles. The Morgan fingerprint density at radius 2 is 2.04 bits per heavy atom. The molecule has 1 amide bonds. The highest BCUT2D eigenvalue weighted by Gasteiger charge is 2.45. The number of amides is 1. The summed E-state index contributed by atoms with van der Waals surface area (Å²) < 4.78 is 2.45. The summed E-state index contributed by atoms with van der Waals surface area (Å²) >= 11 is 3.38. The van der Waals surface area contributed by atoms with Gasteiger partial charge in [-0.15, -0.1) is 0 Å². The first-order chi connectivity index (χ1) is 13.6. The van der Waals surface area contributed by atoms with Crippen molar-refractivity contribution in [3.8, 4) is 0 Å². The van der Waals surface area contributed by atoms with Crippen LogP contribution in [-0.4, -0.2) is 55.0 Å². The van der Waals surface area contributed by atoms with E-state index >= 15 is 0 Å². The van der Waals surface area contributed by atoms with Crippen molar-refractivity contribution in [3.05, 3.63) is 64.1 Å². The highest BCUT2D eigenvalue weighted by atomic mass is 79.9. The fraction of sp³-hybridized carbons (Fsp3) is 0.350. The Bertz CT molecular complexity index is 1070. The van der Waals surface area contributed by atoms with E-state index in [2.05, 4.69) is 43.3 Å². The third kappa shape index (κ3) is 2.83. The number of aliphatic hydroxyl groups is 1. The van der Waals surface area contributed by atoms with Crippen LogP contribution < -0.4 is 5.32 Å². The Kier molecular flexibility index (Phi) is 4.22. The lowest BCUT2D eigenvalue weighted by atomic mass is 9.76.